The van der Waals surface area contributed by atoms with E-state index in [1.807, 2.05) is 58.0 Å². The van der Waals surface area contributed by atoms with Crippen molar-refractivity contribution in [1.29, 1.82) is 0 Å². The summed E-state index contributed by atoms with van der Waals surface area (Å²) in [6, 6.07) is 16.9. The molecule has 0 aliphatic heterocycles. The predicted molar refractivity (Wildman–Crippen MR) is 109 cm³/mol. The van der Waals surface area contributed by atoms with Crippen molar-refractivity contribution in [1.82, 2.24) is 4.90 Å². The lowest BCUT2D eigenvalue weighted by molar-refractivity contribution is 0.00548. The van der Waals surface area contributed by atoms with E-state index in [9.17, 15) is 9.90 Å². The minimum absolute atomic E-state index is 0.128. The van der Waals surface area contributed by atoms with E-state index in [1.165, 1.54) is 0 Å². The van der Waals surface area contributed by atoms with Gasteiger partial charge in [-0.1, -0.05) is 54.1 Å². The van der Waals surface area contributed by atoms with Gasteiger partial charge in [-0.15, -0.1) is 0 Å². The van der Waals surface area contributed by atoms with Crippen molar-refractivity contribution in [3.05, 3.63) is 70.7 Å². The Morgan fingerprint density at radius 2 is 1.81 bits per heavy atom. The third kappa shape index (κ3) is 6.89. The van der Waals surface area contributed by atoms with Crippen LogP contribution >= 0.6 is 11.6 Å². The first-order chi connectivity index (χ1) is 12.7. The van der Waals surface area contributed by atoms with Gasteiger partial charge in [0, 0.05) is 11.1 Å². The zero-order chi connectivity index (χ0) is 20.0. The van der Waals surface area contributed by atoms with Crippen LogP contribution in [-0.2, 0) is 11.2 Å². The van der Waals surface area contributed by atoms with E-state index in [-0.39, 0.29) is 12.6 Å². The van der Waals surface area contributed by atoms with Gasteiger partial charge in [0.1, 0.15) is 5.60 Å². The summed E-state index contributed by atoms with van der Waals surface area (Å²) in [6.45, 7) is 7.58. The summed E-state index contributed by atoms with van der Waals surface area (Å²) < 4.78 is 5.57. The molecule has 4 nitrogen and oxygen atoms in total. The number of carbonyl (C=O) groups excluding carboxylic acids is 1. The van der Waals surface area contributed by atoms with Gasteiger partial charge < -0.3 is 14.7 Å². The average molecular weight is 390 g/mol. The van der Waals surface area contributed by atoms with Crippen LogP contribution < -0.4 is 0 Å². The normalized spacial score (nSPS) is 13.7. The summed E-state index contributed by atoms with van der Waals surface area (Å²) >= 11 is 6.03. The van der Waals surface area contributed by atoms with Gasteiger partial charge in [-0.05, 0) is 57.4 Å². The Hall–Kier alpha value is -2.04. The van der Waals surface area contributed by atoms with E-state index in [4.69, 9.17) is 16.3 Å². The number of benzene rings is 2. The van der Waals surface area contributed by atoms with E-state index < -0.39 is 17.8 Å². The van der Waals surface area contributed by atoms with Crippen LogP contribution in [0.5, 0.6) is 0 Å². The van der Waals surface area contributed by atoms with Crippen LogP contribution in [0.25, 0.3) is 0 Å². The summed E-state index contributed by atoms with van der Waals surface area (Å²) in [7, 11) is 0. The first kappa shape index (κ1) is 21.3. The summed E-state index contributed by atoms with van der Waals surface area (Å²) in [5, 5.41) is 11.2. The molecular formula is C22H28ClNO3. The molecule has 1 amide bonds. The number of rotatable bonds is 6. The Balaban J connectivity index is 2.19. The smallest absolute Gasteiger partial charge is 0.410 e. The zero-order valence-corrected chi connectivity index (χ0v) is 17.1. The molecule has 0 saturated heterocycles. The minimum Gasteiger partial charge on any atom is -0.444 e. The maximum atomic E-state index is 12.8. The van der Waals surface area contributed by atoms with Gasteiger partial charge in [-0.25, -0.2) is 4.79 Å². The number of hydrogen-bond donors (Lipinski definition) is 1. The highest BCUT2D eigenvalue weighted by Gasteiger charge is 2.28. The van der Waals surface area contributed by atoms with Crippen LogP contribution in [0.4, 0.5) is 4.79 Å². The molecule has 146 valence electrons. The Bertz CT molecular complexity index is 743. The van der Waals surface area contributed by atoms with Gasteiger partial charge in [-0.3, -0.25) is 0 Å². The standard InChI is InChI=1S/C22H28ClNO3/c1-16(13-17-9-6-5-7-10-17)24(21(26)27-22(2,3)4)15-20(25)18-11-8-12-19(23)14-18/h5-12,14,16,20,25H,13,15H2,1-4H3. The Morgan fingerprint density at radius 3 is 2.41 bits per heavy atom. The third-order valence-corrected chi connectivity index (χ3v) is 4.37. The molecule has 0 bridgehead atoms. The highest BCUT2D eigenvalue weighted by Crippen LogP contribution is 2.22. The van der Waals surface area contributed by atoms with Crippen molar-refractivity contribution in [2.24, 2.45) is 0 Å². The SMILES string of the molecule is CC(Cc1ccccc1)N(CC(O)c1cccc(Cl)c1)C(=O)OC(C)(C)C. The molecule has 2 rings (SSSR count). The molecule has 0 aliphatic carbocycles. The highest BCUT2D eigenvalue weighted by molar-refractivity contribution is 6.30. The van der Waals surface area contributed by atoms with Crippen LogP contribution in [-0.4, -0.2) is 34.3 Å². The molecule has 1 N–H and O–H groups in total. The molecule has 2 unspecified atom stereocenters. The molecule has 0 fully saturated rings. The van der Waals surface area contributed by atoms with Crippen molar-refractivity contribution >= 4 is 17.7 Å². The van der Waals surface area contributed by atoms with Gasteiger partial charge >= 0.3 is 6.09 Å². The topological polar surface area (TPSA) is 49.8 Å². The van der Waals surface area contributed by atoms with Gasteiger partial charge in [0.2, 0.25) is 0 Å². The van der Waals surface area contributed by atoms with Gasteiger partial charge in [0.15, 0.2) is 0 Å². The number of aliphatic hydroxyl groups excluding tert-OH is 1. The number of nitrogens with zero attached hydrogens (tertiary/aromatic N) is 1. The summed E-state index contributed by atoms with van der Waals surface area (Å²) in [5.41, 5.74) is 1.18. The van der Waals surface area contributed by atoms with Crippen LogP contribution in [0.2, 0.25) is 5.02 Å². The quantitative estimate of drug-likeness (QED) is 0.734. The molecule has 5 heteroatoms. The van der Waals surface area contributed by atoms with Gasteiger partial charge in [-0.2, -0.15) is 0 Å². The summed E-state index contributed by atoms with van der Waals surface area (Å²) in [6.07, 6.45) is -0.621. The van der Waals surface area contributed by atoms with E-state index >= 15 is 0 Å². The zero-order valence-electron chi connectivity index (χ0n) is 16.4. The summed E-state index contributed by atoms with van der Waals surface area (Å²) in [5.74, 6) is 0. The molecule has 0 radical (unpaired) electrons. The van der Waals surface area contributed by atoms with Gasteiger partial charge in [0.05, 0.1) is 12.6 Å². The van der Waals surface area contributed by atoms with Crippen LogP contribution in [0, 0.1) is 0 Å². The molecule has 0 aromatic heterocycles. The monoisotopic (exact) mass is 389 g/mol. The minimum atomic E-state index is -0.852. The van der Waals surface area contributed by atoms with Crippen molar-refractivity contribution in [2.75, 3.05) is 6.54 Å². The second kappa shape index (κ2) is 9.25. The fourth-order valence-corrected chi connectivity index (χ4v) is 3.02. The molecule has 0 spiro atoms. The van der Waals surface area contributed by atoms with Crippen molar-refractivity contribution < 1.29 is 14.6 Å². The number of amides is 1. The molecule has 0 aliphatic rings. The van der Waals surface area contributed by atoms with Crippen molar-refractivity contribution in [3.63, 3.8) is 0 Å². The number of ether oxygens (including phenoxy) is 1. The molecule has 0 saturated carbocycles. The fourth-order valence-electron chi connectivity index (χ4n) is 2.83. The predicted octanol–water partition coefficient (Wildman–Crippen LogP) is 5.24. The second-order valence-corrected chi connectivity index (χ2v) is 8.18. The molecule has 2 atom stereocenters. The maximum Gasteiger partial charge on any atom is 0.410 e. The summed E-state index contributed by atoms with van der Waals surface area (Å²) in [4.78, 5) is 14.4. The van der Waals surface area contributed by atoms with Crippen LogP contribution in [0.3, 0.4) is 0 Å². The molecule has 2 aromatic rings. The van der Waals surface area contributed by atoms with Gasteiger partial charge in [0.25, 0.3) is 0 Å². The first-order valence-corrected chi connectivity index (χ1v) is 9.50. The van der Waals surface area contributed by atoms with Crippen LogP contribution in [0.15, 0.2) is 54.6 Å². The maximum absolute atomic E-state index is 12.8. The van der Waals surface area contributed by atoms with Crippen LogP contribution in [0.1, 0.15) is 44.9 Å². The molecule has 27 heavy (non-hydrogen) atoms. The Kier molecular flexibility index (Phi) is 7.28. The third-order valence-electron chi connectivity index (χ3n) is 4.14. The molecular weight excluding hydrogens is 362 g/mol. The van der Waals surface area contributed by atoms with E-state index in [1.54, 1.807) is 29.2 Å². The number of carbonyl (C=O) groups is 1. The lowest BCUT2D eigenvalue weighted by atomic mass is 10.0. The fraction of sp³-hybridized carbons (Fsp3) is 0.409. The first-order valence-electron chi connectivity index (χ1n) is 9.13. The Morgan fingerprint density at radius 1 is 1.15 bits per heavy atom. The second-order valence-electron chi connectivity index (χ2n) is 7.74. The molecule has 0 heterocycles. The van der Waals surface area contributed by atoms with Crippen molar-refractivity contribution in [3.8, 4) is 0 Å². The van der Waals surface area contributed by atoms with Crippen molar-refractivity contribution in [2.45, 2.75) is 51.9 Å². The number of hydrogen-bond acceptors (Lipinski definition) is 3. The van der Waals surface area contributed by atoms with E-state index in [2.05, 4.69) is 0 Å². The van der Waals surface area contributed by atoms with E-state index in [0.29, 0.717) is 17.0 Å². The number of halogens is 1. The molecule has 2 aromatic carbocycles. The van der Waals surface area contributed by atoms with E-state index in [0.717, 1.165) is 5.56 Å². The Labute approximate surface area is 166 Å². The average Bonchev–Trinajstić information content (AvgIpc) is 2.58. The largest absolute Gasteiger partial charge is 0.444 e. The highest BCUT2D eigenvalue weighted by atomic mass is 35.5. The lowest BCUT2D eigenvalue weighted by Crippen LogP contribution is -2.45. The number of aliphatic hydroxyl groups is 1. The lowest BCUT2D eigenvalue weighted by Gasteiger charge is -2.33.